The minimum Gasteiger partial charge on any atom is -0.481 e. The van der Waals surface area contributed by atoms with Gasteiger partial charge in [0.2, 0.25) is 0 Å². The number of hydrogen-bond acceptors (Lipinski definition) is 3. The Morgan fingerprint density at radius 3 is 2.38 bits per heavy atom. The summed E-state index contributed by atoms with van der Waals surface area (Å²) >= 11 is 0. The Morgan fingerprint density at radius 2 is 1.90 bits per heavy atom. The molecule has 114 valence electrons. The number of anilines is 2. The van der Waals surface area contributed by atoms with Crippen LogP contribution in [0.2, 0.25) is 0 Å². The number of benzene rings is 1. The first-order valence-corrected chi connectivity index (χ1v) is 6.98. The highest BCUT2D eigenvalue weighted by Crippen LogP contribution is 2.25. The second-order valence-corrected chi connectivity index (χ2v) is 5.54. The van der Waals surface area contributed by atoms with Crippen molar-refractivity contribution in [1.29, 1.82) is 0 Å². The molecule has 6 heteroatoms. The summed E-state index contributed by atoms with van der Waals surface area (Å²) in [5.41, 5.74) is 1.75. The molecule has 1 aliphatic heterocycles. The molecule has 21 heavy (non-hydrogen) atoms. The SMILES string of the molecule is CC1C(C(=O)O)CCN1C(=O)Nc1ccc(N(C)C)cc1. The van der Waals surface area contributed by atoms with Crippen molar-refractivity contribution in [3.63, 3.8) is 0 Å². The molecule has 0 spiro atoms. The van der Waals surface area contributed by atoms with Crippen LogP contribution in [0, 0.1) is 5.92 Å². The number of nitrogens with one attached hydrogen (secondary N) is 1. The van der Waals surface area contributed by atoms with Crippen LogP contribution in [-0.4, -0.2) is 48.7 Å². The van der Waals surface area contributed by atoms with Gasteiger partial charge in [0, 0.05) is 38.1 Å². The topological polar surface area (TPSA) is 72.9 Å². The van der Waals surface area contributed by atoms with Crippen LogP contribution >= 0.6 is 0 Å². The van der Waals surface area contributed by atoms with Crippen molar-refractivity contribution in [2.24, 2.45) is 5.92 Å². The smallest absolute Gasteiger partial charge is 0.322 e. The molecule has 2 rings (SSSR count). The third-order valence-corrected chi connectivity index (χ3v) is 3.97. The first-order valence-electron chi connectivity index (χ1n) is 6.98. The first kappa shape index (κ1) is 15.2. The predicted octanol–water partition coefficient (Wildman–Crippen LogP) is 2.08. The number of rotatable bonds is 3. The summed E-state index contributed by atoms with van der Waals surface area (Å²) in [4.78, 5) is 26.9. The van der Waals surface area contributed by atoms with Gasteiger partial charge in [0.05, 0.1) is 5.92 Å². The summed E-state index contributed by atoms with van der Waals surface area (Å²) in [6.07, 6.45) is 0.503. The number of hydrogen-bond donors (Lipinski definition) is 2. The van der Waals surface area contributed by atoms with Crippen LogP contribution < -0.4 is 10.2 Å². The number of carboxylic acid groups (broad SMARTS) is 1. The molecule has 0 aromatic heterocycles. The van der Waals surface area contributed by atoms with Crippen molar-refractivity contribution in [3.05, 3.63) is 24.3 Å². The van der Waals surface area contributed by atoms with E-state index in [1.807, 2.05) is 43.3 Å². The van der Waals surface area contributed by atoms with Gasteiger partial charge in [0.1, 0.15) is 0 Å². The zero-order chi connectivity index (χ0) is 15.6. The largest absolute Gasteiger partial charge is 0.481 e. The number of amides is 2. The highest BCUT2D eigenvalue weighted by molar-refractivity contribution is 5.90. The average molecular weight is 291 g/mol. The lowest BCUT2D eigenvalue weighted by atomic mass is 10.0. The van der Waals surface area contributed by atoms with E-state index in [4.69, 9.17) is 5.11 Å². The van der Waals surface area contributed by atoms with Crippen LogP contribution in [0.3, 0.4) is 0 Å². The summed E-state index contributed by atoms with van der Waals surface area (Å²) in [5, 5.41) is 11.9. The first-order chi connectivity index (χ1) is 9.90. The Balaban J connectivity index is 2.00. The van der Waals surface area contributed by atoms with Gasteiger partial charge in [-0.1, -0.05) is 0 Å². The fourth-order valence-corrected chi connectivity index (χ4v) is 2.59. The fourth-order valence-electron chi connectivity index (χ4n) is 2.59. The molecule has 1 saturated heterocycles. The number of nitrogens with zero attached hydrogens (tertiary/aromatic N) is 2. The highest BCUT2D eigenvalue weighted by Gasteiger charge is 2.38. The molecule has 2 N–H and O–H groups in total. The van der Waals surface area contributed by atoms with Gasteiger partial charge in [-0.2, -0.15) is 0 Å². The van der Waals surface area contributed by atoms with Crippen LogP contribution in [0.25, 0.3) is 0 Å². The van der Waals surface area contributed by atoms with Crippen LogP contribution in [0.15, 0.2) is 24.3 Å². The van der Waals surface area contributed by atoms with Crippen LogP contribution in [0.4, 0.5) is 16.2 Å². The number of aliphatic carboxylic acids is 1. The average Bonchev–Trinajstić information content (AvgIpc) is 2.81. The van der Waals surface area contributed by atoms with E-state index in [0.717, 1.165) is 5.69 Å². The maximum Gasteiger partial charge on any atom is 0.322 e. The molecule has 1 heterocycles. The second-order valence-electron chi connectivity index (χ2n) is 5.54. The number of urea groups is 1. The lowest BCUT2D eigenvalue weighted by Gasteiger charge is -2.23. The summed E-state index contributed by atoms with van der Waals surface area (Å²) in [5.74, 6) is -1.32. The molecule has 0 aliphatic carbocycles. The Bertz CT molecular complexity index is 527. The molecule has 6 nitrogen and oxygen atoms in total. The quantitative estimate of drug-likeness (QED) is 0.894. The van der Waals surface area contributed by atoms with Crippen LogP contribution in [-0.2, 0) is 4.79 Å². The van der Waals surface area contributed by atoms with Crippen LogP contribution in [0.5, 0.6) is 0 Å². The minimum atomic E-state index is -0.840. The van der Waals surface area contributed by atoms with E-state index in [2.05, 4.69) is 5.32 Å². The van der Waals surface area contributed by atoms with Gasteiger partial charge >= 0.3 is 12.0 Å². The van der Waals surface area contributed by atoms with Gasteiger partial charge in [-0.3, -0.25) is 4.79 Å². The number of carboxylic acids is 1. The Kier molecular flexibility index (Phi) is 4.35. The van der Waals surface area contributed by atoms with Crippen LogP contribution in [0.1, 0.15) is 13.3 Å². The van der Waals surface area contributed by atoms with Gasteiger partial charge in [0.25, 0.3) is 0 Å². The van der Waals surface area contributed by atoms with Gasteiger partial charge < -0.3 is 20.2 Å². The standard InChI is InChI=1S/C15H21N3O3/c1-10-13(14(19)20)8-9-18(10)15(21)16-11-4-6-12(7-5-11)17(2)3/h4-7,10,13H,8-9H2,1-3H3,(H,16,21)(H,19,20). The molecule has 2 unspecified atom stereocenters. The van der Waals surface area contributed by atoms with E-state index in [1.54, 1.807) is 11.8 Å². The molecule has 1 aromatic carbocycles. The van der Waals surface area contributed by atoms with Gasteiger partial charge in [-0.25, -0.2) is 4.79 Å². The summed E-state index contributed by atoms with van der Waals surface area (Å²) in [6, 6.07) is 6.98. The monoisotopic (exact) mass is 291 g/mol. The molecule has 1 fully saturated rings. The molecule has 2 atom stereocenters. The highest BCUT2D eigenvalue weighted by atomic mass is 16.4. The van der Waals surface area contributed by atoms with E-state index in [9.17, 15) is 9.59 Å². The summed E-state index contributed by atoms with van der Waals surface area (Å²) < 4.78 is 0. The lowest BCUT2D eigenvalue weighted by molar-refractivity contribution is -0.142. The molecule has 0 bridgehead atoms. The van der Waals surface area contributed by atoms with E-state index < -0.39 is 11.9 Å². The molecule has 1 aromatic rings. The van der Waals surface area contributed by atoms with E-state index in [1.165, 1.54) is 0 Å². The van der Waals surface area contributed by atoms with Crippen molar-refractivity contribution in [2.45, 2.75) is 19.4 Å². The summed E-state index contributed by atoms with van der Waals surface area (Å²) in [7, 11) is 3.90. The number of likely N-dealkylation sites (tertiary alicyclic amines) is 1. The van der Waals surface area contributed by atoms with Crippen molar-refractivity contribution < 1.29 is 14.7 Å². The Hall–Kier alpha value is -2.24. The Morgan fingerprint density at radius 1 is 1.29 bits per heavy atom. The zero-order valence-corrected chi connectivity index (χ0v) is 12.5. The maximum atomic E-state index is 12.2. The zero-order valence-electron chi connectivity index (χ0n) is 12.5. The minimum absolute atomic E-state index is 0.246. The molecule has 1 aliphatic rings. The lowest BCUT2D eigenvalue weighted by Crippen LogP contribution is -2.40. The molecular weight excluding hydrogens is 270 g/mol. The third kappa shape index (κ3) is 3.26. The number of carbonyl (C=O) groups is 2. The van der Waals surface area contributed by atoms with Gasteiger partial charge in [-0.05, 0) is 37.6 Å². The number of carbonyl (C=O) groups excluding carboxylic acids is 1. The summed E-state index contributed by atoms with van der Waals surface area (Å²) in [6.45, 7) is 2.25. The van der Waals surface area contributed by atoms with Gasteiger partial charge in [0.15, 0.2) is 0 Å². The molecule has 2 amide bonds. The van der Waals surface area contributed by atoms with Crippen molar-refractivity contribution in [2.75, 3.05) is 30.9 Å². The fraction of sp³-hybridized carbons (Fsp3) is 0.467. The Labute approximate surface area is 124 Å². The van der Waals surface area contributed by atoms with E-state index in [-0.39, 0.29) is 12.1 Å². The maximum absolute atomic E-state index is 12.2. The predicted molar refractivity (Wildman–Crippen MR) is 81.7 cm³/mol. The molecule has 0 radical (unpaired) electrons. The molecule has 0 saturated carbocycles. The normalized spacial score (nSPS) is 21.2. The van der Waals surface area contributed by atoms with E-state index in [0.29, 0.717) is 18.7 Å². The second kappa shape index (κ2) is 6.03. The van der Waals surface area contributed by atoms with E-state index >= 15 is 0 Å². The van der Waals surface area contributed by atoms with Crippen molar-refractivity contribution in [1.82, 2.24) is 4.90 Å². The van der Waals surface area contributed by atoms with Gasteiger partial charge in [-0.15, -0.1) is 0 Å². The van der Waals surface area contributed by atoms with Crippen molar-refractivity contribution >= 4 is 23.4 Å². The molecular formula is C15H21N3O3. The third-order valence-electron chi connectivity index (χ3n) is 3.97. The van der Waals surface area contributed by atoms with Crippen molar-refractivity contribution in [3.8, 4) is 0 Å².